The molecule has 6 nitrogen and oxygen atoms in total. The number of aromatic nitrogens is 2. The molecule has 0 amide bonds. The van der Waals surface area contributed by atoms with Crippen molar-refractivity contribution in [1.29, 1.82) is 0 Å². The molecular formula is C22H21N3O3S. The molecule has 0 saturated carbocycles. The number of H-pyrrole nitrogens is 2. The van der Waals surface area contributed by atoms with Gasteiger partial charge in [-0.05, 0) is 35.7 Å². The summed E-state index contributed by atoms with van der Waals surface area (Å²) in [5, 5.41) is 0. The van der Waals surface area contributed by atoms with E-state index in [1.807, 2.05) is 36.4 Å². The fourth-order valence-electron chi connectivity index (χ4n) is 3.50. The Kier molecular flexibility index (Phi) is 5.33. The first-order chi connectivity index (χ1) is 14.0. The maximum atomic E-state index is 12.7. The first-order valence-corrected chi connectivity index (χ1v) is 10.8. The molecule has 0 bridgehead atoms. The lowest BCUT2D eigenvalue weighted by Gasteiger charge is -2.18. The Bertz CT molecular complexity index is 1220. The first kappa shape index (κ1) is 19.2. The van der Waals surface area contributed by atoms with Crippen molar-refractivity contribution in [3.8, 4) is 0 Å². The number of hydrogen-bond donors (Lipinski definition) is 3. The third-order valence-electron chi connectivity index (χ3n) is 4.93. The van der Waals surface area contributed by atoms with E-state index in [1.165, 1.54) is 12.1 Å². The van der Waals surface area contributed by atoms with Gasteiger partial charge < -0.3 is 9.97 Å². The van der Waals surface area contributed by atoms with Crippen molar-refractivity contribution in [2.75, 3.05) is 6.54 Å². The van der Waals surface area contributed by atoms with Crippen LogP contribution in [0.1, 0.15) is 23.5 Å². The van der Waals surface area contributed by atoms with E-state index >= 15 is 0 Å². The lowest BCUT2D eigenvalue weighted by atomic mass is 9.89. The number of sulfonamides is 1. The number of nitrogens with one attached hydrogen (secondary N) is 3. The summed E-state index contributed by atoms with van der Waals surface area (Å²) in [6.45, 7) is 0.290. The minimum absolute atomic E-state index is 0.0867. The average molecular weight is 407 g/mol. The Hall–Kier alpha value is -3.16. The van der Waals surface area contributed by atoms with Gasteiger partial charge >= 0.3 is 5.69 Å². The van der Waals surface area contributed by atoms with Gasteiger partial charge in [0.2, 0.25) is 10.0 Å². The minimum Gasteiger partial charge on any atom is -0.306 e. The van der Waals surface area contributed by atoms with Crippen LogP contribution in [0.15, 0.2) is 88.6 Å². The predicted molar refractivity (Wildman–Crippen MR) is 113 cm³/mol. The topological polar surface area (TPSA) is 94.8 Å². The normalized spacial score (nSPS) is 11.9. The van der Waals surface area contributed by atoms with E-state index in [1.54, 1.807) is 6.07 Å². The standard InChI is InChI=1S/C22H21N3O3S/c26-22-24-20-12-11-18(15-21(20)25-22)29(27,28)23-14-13-19(16-7-3-1-4-8-16)17-9-5-2-6-10-17/h1-12,15,19,23H,13-14H2,(H2,24,25,26). The van der Waals surface area contributed by atoms with E-state index in [9.17, 15) is 13.2 Å². The maximum absolute atomic E-state index is 12.7. The number of imidazole rings is 1. The van der Waals surface area contributed by atoms with E-state index in [4.69, 9.17) is 0 Å². The average Bonchev–Trinajstić information content (AvgIpc) is 3.12. The summed E-state index contributed by atoms with van der Waals surface area (Å²) in [6, 6.07) is 24.6. The van der Waals surface area contributed by atoms with Gasteiger partial charge in [-0.1, -0.05) is 60.7 Å². The maximum Gasteiger partial charge on any atom is 0.323 e. The molecule has 0 saturated heterocycles. The Morgan fingerprint density at radius 2 is 1.38 bits per heavy atom. The second kappa shape index (κ2) is 8.06. The summed E-state index contributed by atoms with van der Waals surface area (Å²) in [5.41, 5.74) is 2.95. The molecule has 0 aliphatic carbocycles. The van der Waals surface area contributed by atoms with Crippen LogP contribution in [0.25, 0.3) is 11.0 Å². The van der Waals surface area contributed by atoms with E-state index < -0.39 is 10.0 Å². The molecule has 0 spiro atoms. The summed E-state index contributed by atoms with van der Waals surface area (Å²) in [7, 11) is -3.69. The van der Waals surface area contributed by atoms with E-state index in [0.717, 1.165) is 11.1 Å². The Labute approximate surface area is 168 Å². The highest BCUT2D eigenvalue weighted by Gasteiger charge is 2.18. The number of fused-ring (bicyclic) bond motifs is 1. The van der Waals surface area contributed by atoms with Crippen molar-refractivity contribution in [1.82, 2.24) is 14.7 Å². The van der Waals surface area contributed by atoms with Crippen LogP contribution >= 0.6 is 0 Å². The lowest BCUT2D eigenvalue weighted by molar-refractivity contribution is 0.575. The second-order valence-electron chi connectivity index (χ2n) is 6.85. The van der Waals surface area contributed by atoms with Gasteiger partial charge in [0.05, 0.1) is 15.9 Å². The summed E-state index contributed by atoms with van der Waals surface area (Å²) in [6.07, 6.45) is 0.622. The molecule has 0 fully saturated rings. The van der Waals surface area contributed by atoms with Gasteiger partial charge in [0, 0.05) is 12.5 Å². The molecule has 4 aromatic rings. The molecule has 0 aliphatic heterocycles. The molecule has 0 radical (unpaired) electrons. The summed E-state index contributed by atoms with van der Waals surface area (Å²) < 4.78 is 28.1. The summed E-state index contributed by atoms with van der Waals surface area (Å²) >= 11 is 0. The van der Waals surface area contributed by atoms with Crippen LogP contribution in [0, 0.1) is 0 Å². The van der Waals surface area contributed by atoms with Gasteiger partial charge in [-0.25, -0.2) is 17.9 Å². The molecule has 4 rings (SSSR count). The molecule has 3 aromatic carbocycles. The number of benzene rings is 3. The zero-order valence-corrected chi connectivity index (χ0v) is 16.4. The second-order valence-corrected chi connectivity index (χ2v) is 8.61. The SMILES string of the molecule is O=c1[nH]c2ccc(S(=O)(=O)NCCC(c3ccccc3)c3ccccc3)cc2[nH]1. The summed E-state index contributed by atoms with van der Waals surface area (Å²) in [4.78, 5) is 16.7. The van der Waals surface area contributed by atoms with Crippen LogP contribution in [0.2, 0.25) is 0 Å². The number of aromatic amines is 2. The summed E-state index contributed by atoms with van der Waals surface area (Å²) in [5.74, 6) is 0.0867. The highest BCUT2D eigenvalue weighted by Crippen LogP contribution is 2.27. The lowest BCUT2D eigenvalue weighted by Crippen LogP contribution is -2.26. The first-order valence-electron chi connectivity index (χ1n) is 9.34. The molecular weight excluding hydrogens is 386 g/mol. The zero-order chi connectivity index (χ0) is 20.3. The van der Waals surface area contributed by atoms with Crippen molar-refractivity contribution < 1.29 is 8.42 Å². The Morgan fingerprint density at radius 1 is 0.793 bits per heavy atom. The van der Waals surface area contributed by atoms with Gasteiger partial charge in [-0.2, -0.15) is 0 Å². The Morgan fingerprint density at radius 3 is 2.00 bits per heavy atom. The number of hydrogen-bond acceptors (Lipinski definition) is 3. The molecule has 1 aromatic heterocycles. The molecule has 3 N–H and O–H groups in total. The predicted octanol–water partition coefficient (Wildman–Crippen LogP) is 3.36. The molecule has 0 unspecified atom stereocenters. The van der Waals surface area contributed by atoms with Gasteiger partial charge in [0.15, 0.2) is 0 Å². The monoisotopic (exact) mass is 407 g/mol. The third kappa shape index (κ3) is 4.31. The van der Waals surface area contributed by atoms with Crippen LogP contribution in [0.3, 0.4) is 0 Å². The molecule has 29 heavy (non-hydrogen) atoms. The largest absolute Gasteiger partial charge is 0.323 e. The van der Waals surface area contributed by atoms with Gasteiger partial charge in [-0.15, -0.1) is 0 Å². The van der Waals surface area contributed by atoms with Crippen LogP contribution in [0.5, 0.6) is 0 Å². The van der Waals surface area contributed by atoms with Gasteiger partial charge in [0.1, 0.15) is 0 Å². The van der Waals surface area contributed by atoms with Crippen molar-refractivity contribution in [2.24, 2.45) is 0 Å². The Balaban J connectivity index is 1.52. The molecule has 7 heteroatoms. The van der Waals surface area contributed by atoms with Crippen LogP contribution in [-0.4, -0.2) is 24.9 Å². The third-order valence-corrected chi connectivity index (χ3v) is 6.39. The molecule has 148 valence electrons. The van der Waals surface area contributed by atoms with Crippen molar-refractivity contribution in [2.45, 2.75) is 17.2 Å². The zero-order valence-electron chi connectivity index (χ0n) is 15.6. The van der Waals surface area contributed by atoms with E-state index in [2.05, 4.69) is 39.0 Å². The van der Waals surface area contributed by atoms with E-state index in [0.29, 0.717) is 24.0 Å². The fraction of sp³-hybridized carbons (Fsp3) is 0.136. The highest BCUT2D eigenvalue weighted by atomic mass is 32.2. The minimum atomic E-state index is -3.69. The van der Waals surface area contributed by atoms with Crippen LogP contribution in [0.4, 0.5) is 0 Å². The van der Waals surface area contributed by atoms with E-state index in [-0.39, 0.29) is 16.5 Å². The molecule has 0 atom stereocenters. The highest BCUT2D eigenvalue weighted by molar-refractivity contribution is 7.89. The molecule has 1 heterocycles. The van der Waals surface area contributed by atoms with Crippen molar-refractivity contribution >= 4 is 21.1 Å². The van der Waals surface area contributed by atoms with Crippen LogP contribution in [-0.2, 0) is 10.0 Å². The van der Waals surface area contributed by atoms with Crippen molar-refractivity contribution in [3.63, 3.8) is 0 Å². The van der Waals surface area contributed by atoms with Crippen molar-refractivity contribution in [3.05, 3.63) is 100 Å². The number of rotatable bonds is 7. The van der Waals surface area contributed by atoms with Gasteiger partial charge in [-0.3, -0.25) is 0 Å². The smallest absolute Gasteiger partial charge is 0.306 e. The van der Waals surface area contributed by atoms with Gasteiger partial charge in [0.25, 0.3) is 0 Å². The molecule has 0 aliphatic rings. The quantitative estimate of drug-likeness (QED) is 0.438. The fourth-order valence-corrected chi connectivity index (χ4v) is 4.57. The van der Waals surface area contributed by atoms with Crippen LogP contribution < -0.4 is 10.4 Å².